The van der Waals surface area contributed by atoms with Gasteiger partial charge >= 0.3 is 0 Å². The SMILES string of the molecule is CC1(C)CNCC(=O)c2cccc(Cl)c21. The predicted octanol–water partition coefficient (Wildman–Crippen LogP) is 2.40. The van der Waals surface area contributed by atoms with Crippen molar-refractivity contribution in [2.45, 2.75) is 19.3 Å². The summed E-state index contributed by atoms with van der Waals surface area (Å²) < 4.78 is 0. The van der Waals surface area contributed by atoms with E-state index >= 15 is 0 Å². The van der Waals surface area contributed by atoms with Crippen molar-refractivity contribution in [3.05, 3.63) is 34.3 Å². The first-order chi connectivity index (χ1) is 7.02. The van der Waals surface area contributed by atoms with Gasteiger partial charge in [0.1, 0.15) is 0 Å². The maximum Gasteiger partial charge on any atom is 0.176 e. The summed E-state index contributed by atoms with van der Waals surface area (Å²) in [7, 11) is 0. The van der Waals surface area contributed by atoms with Gasteiger partial charge in [-0.25, -0.2) is 0 Å². The molecule has 0 saturated heterocycles. The lowest BCUT2D eigenvalue weighted by Crippen LogP contribution is -2.31. The van der Waals surface area contributed by atoms with Crippen LogP contribution in [-0.4, -0.2) is 18.9 Å². The molecule has 80 valence electrons. The van der Waals surface area contributed by atoms with E-state index in [2.05, 4.69) is 19.2 Å². The van der Waals surface area contributed by atoms with Gasteiger partial charge in [0, 0.05) is 22.5 Å². The zero-order valence-electron chi connectivity index (χ0n) is 8.93. The molecule has 1 aromatic carbocycles. The summed E-state index contributed by atoms with van der Waals surface area (Å²) in [6, 6.07) is 5.54. The Morgan fingerprint density at radius 3 is 2.87 bits per heavy atom. The molecule has 0 aromatic heterocycles. The molecule has 0 bridgehead atoms. The Bertz CT molecular complexity index is 412. The fourth-order valence-electron chi connectivity index (χ4n) is 2.12. The molecule has 0 atom stereocenters. The molecule has 0 radical (unpaired) electrons. The molecule has 3 heteroatoms. The van der Waals surface area contributed by atoms with Gasteiger partial charge in [-0.1, -0.05) is 37.6 Å². The third kappa shape index (κ3) is 1.80. The number of benzene rings is 1. The second-order valence-corrected chi connectivity index (χ2v) is 4.98. The normalized spacial score (nSPS) is 19.5. The number of hydrogen-bond donors (Lipinski definition) is 1. The topological polar surface area (TPSA) is 29.1 Å². The predicted molar refractivity (Wildman–Crippen MR) is 61.7 cm³/mol. The van der Waals surface area contributed by atoms with Crippen LogP contribution in [0.5, 0.6) is 0 Å². The van der Waals surface area contributed by atoms with Crippen LogP contribution in [0.15, 0.2) is 18.2 Å². The molecule has 1 aromatic rings. The van der Waals surface area contributed by atoms with E-state index < -0.39 is 0 Å². The highest BCUT2D eigenvalue weighted by atomic mass is 35.5. The minimum Gasteiger partial charge on any atom is -0.309 e. The quantitative estimate of drug-likeness (QED) is 0.732. The van der Waals surface area contributed by atoms with Gasteiger partial charge in [0.2, 0.25) is 0 Å². The second kappa shape index (κ2) is 3.62. The van der Waals surface area contributed by atoms with Crippen LogP contribution in [0.2, 0.25) is 5.02 Å². The molecule has 1 N–H and O–H groups in total. The summed E-state index contributed by atoms with van der Waals surface area (Å²) >= 11 is 6.18. The highest BCUT2D eigenvalue weighted by molar-refractivity contribution is 6.32. The Balaban J connectivity index is 2.68. The average Bonchev–Trinajstić information content (AvgIpc) is 2.26. The maximum absolute atomic E-state index is 11.8. The van der Waals surface area contributed by atoms with E-state index in [1.165, 1.54) is 0 Å². The first-order valence-electron chi connectivity index (χ1n) is 5.05. The van der Waals surface area contributed by atoms with Crippen LogP contribution in [0.3, 0.4) is 0 Å². The third-order valence-electron chi connectivity index (χ3n) is 2.84. The van der Waals surface area contributed by atoms with E-state index in [1.54, 1.807) is 0 Å². The van der Waals surface area contributed by atoms with Crippen molar-refractivity contribution in [3.8, 4) is 0 Å². The molecule has 0 fully saturated rings. The van der Waals surface area contributed by atoms with Crippen LogP contribution in [0.1, 0.15) is 29.8 Å². The highest BCUT2D eigenvalue weighted by Gasteiger charge is 2.30. The first-order valence-corrected chi connectivity index (χ1v) is 5.43. The smallest absolute Gasteiger partial charge is 0.176 e. The number of nitrogens with one attached hydrogen (secondary N) is 1. The molecule has 2 nitrogen and oxygen atoms in total. The largest absolute Gasteiger partial charge is 0.309 e. The van der Waals surface area contributed by atoms with Crippen LogP contribution in [0.25, 0.3) is 0 Å². The zero-order chi connectivity index (χ0) is 11.1. The molecule has 0 aliphatic carbocycles. The summed E-state index contributed by atoms with van der Waals surface area (Å²) in [6.45, 7) is 5.37. The maximum atomic E-state index is 11.8. The first kappa shape index (κ1) is 10.7. The van der Waals surface area contributed by atoms with E-state index in [-0.39, 0.29) is 11.2 Å². The minimum atomic E-state index is -0.0974. The van der Waals surface area contributed by atoms with Crippen molar-refractivity contribution >= 4 is 17.4 Å². The number of halogens is 1. The number of rotatable bonds is 0. The molecule has 0 saturated carbocycles. The van der Waals surface area contributed by atoms with Crippen molar-refractivity contribution in [1.82, 2.24) is 5.32 Å². The monoisotopic (exact) mass is 223 g/mol. The van der Waals surface area contributed by atoms with Gasteiger partial charge < -0.3 is 5.32 Å². The zero-order valence-corrected chi connectivity index (χ0v) is 9.69. The molecule has 0 amide bonds. The summed E-state index contributed by atoms with van der Waals surface area (Å²) in [5, 5.41) is 3.84. The van der Waals surface area contributed by atoms with Gasteiger partial charge in [0.25, 0.3) is 0 Å². The number of hydrogen-bond acceptors (Lipinski definition) is 2. The molecule has 1 aliphatic rings. The number of Topliss-reactive ketones (excluding diaryl/α,β-unsaturated/α-hetero) is 1. The Labute approximate surface area is 94.6 Å². The lowest BCUT2D eigenvalue weighted by Gasteiger charge is -2.25. The van der Waals surface area contributed by atoms with Crippen LogP contribution in [0, 0.1) is 0 Å². The van der Waals surface area contributed by atoms with Gasteiger partial charge in [0.05, 0.1) is 6.54 Å². The van der Waals surface area contributed by atoms with E-state index in [0.29, 0.717) is 11.6 Å². The molecular weight excluding hydrogens is 210 g/mol. The van der Waals surface area contributed by atoms with Gasteiger partial charge in [-0.05, 0) is 11.6 Å². The van der Waals surface area contributed by atoms with Crippen molar-refractivity contribution in [1.29, 1.82) is 0 Å². The fourth-order valence-corrected chi connectivity index (χ4v) is 2.55. The summed E-state index contributed by atoms with van der Waals surface area (Å²) in [5.74, 6) is 0.123. The van der Waals surface area contributed by atoms with Crippen molar-refractivity contribution in [2.75, 3.05) is 13.1 Å². The van der Waals surface area contributed by atoms with E-state index in [0.717, 1.165) is 17.7 Å². The number of carbonyl (C=O) groups excluding carboxylic acids is 1. The van der Waals surface area contributed by atoms with Gasteiger partial charge in [-0.3, -0.25) is 4.79 Å². The number of ketones is 1. The summed E-state index contributed by atoms with van der Waals surface area (Å²) in [5.41, 5.74) is 1.64. The second-order valence-electron chi connectivity index (χ2n) is 4.57. The molecule has 1 heterocycles. The van der Waals surface area contributed by atoms with Gasteiger partial charge in [-0.15, -0.1) is 0 Å². The fraction of sp³-hybridized carbons (Fsp3) is 0.417. The molecule has 1 aliphatic heterocycles. The lowest BCUT2D eigenvalue weighted by molar-refractivity contribution is 0.0994. The molecular formula is C12H14ClNO. The summed E-state index contributed by atoms with van der Waals surface area (Å²) in [4.78, 5) is 11.8. The Morgan fingerprint density at radius 1 is 1.40 bits per heavy atom. The van der Waals surface area contributed by atoms with Gasteiger partial charge in [0.15, 0.2) is 5.78 Å². The molecule has 0 spiro atoms. The summed E-state index contributed by atoms with van der Waals surface area (Å²) in [6.07, 6.45) is 0. The lowest BCUT2D eigenvalue weighted by atomic mass is 9.82. The third-order valence-corrected chi connectivity index (χ3v) is 3.16. The standard InChI is InChI=1S/C12H14ClNO/c1-12(2)7-14-6-10(15)8-4-3-5-9(13)11(8)12/h3-5,14H,6-7H2,1-2H3. The van der Waals surface area contributed by atoms with Crippen molar-refractivity contribution in [3.63, 3.8) is 0 Å². The van der Waals surface area contributed by atoms with Crippen LogP contribution < -0.4 is 5.32 Å². The van der Waals surface area contributed by atoms with E-state index in [9.17, 15) is 4.79 Å². The molecule has 15 heavy (non-hydrogen) atoms. The Morgan fingerprint density at radius 2 is 2.13 bits per heavy atom. The van der Waals surface area contributed by atoms with Crippen LogP contribution in [-0.2, 0) is 5.41 Å². The minimum absolute atomic E-state index is 0.0974. The van der Waals surface area contributed by atoms with Gasteiger partial charge in [-0.2, -0.15) is 0 Å². The average molecular weight is 224 g/mol. The number of carbonyl (C=O) groups is 1. The molecule has 2 rings (SSSR count). The Kier molecular flexibility index (Phi) is 2.57. The van der Waals surface area contributed by atoms with Crippen molar-refractivity contribution in [2.24, 2.45) is 0 Å². The van der Waals surface area contributed by atoms with E-state index in [4.69, 9.17) is 11.6 Å². The van der Waals surface area contributed by atoms with E-state index in [1.807, 2.05) is 18.2 Å². The number of fused-ring (bicyclic) bond motifs is 1. The van der Waals surface area contributed by atoms with Crippen molar-refractivity contribution < 1.29 is 4.79 Å². The Hall–Kier alpha value is -0.860. The molecule has 0 unspecified atom stereocenters. The van der Waals surface area contributed by atoms with Crippen LogP contribution >= 0.6 is 11.6 Å². The highest BCUT2D eigenvalue weighted by Crippen LogP contribution is 2.33. The van der Waals surface area contributed by atoms with Crippen LogP contribution in [0.4, 0.5) is 0 Å².